The number of aliphatic hydroxyl groups is 1. The molecule has 0 spiro atoms. The number of nitriles is 1. The lowest BCUT2D eigenvalue weighted by Crippen LogP contribution is -2.56. The summed E-state index contributed by atoms with van der Waals surface area (Å²) in [6, 6.07) is 2.59. The van der Waals surface area contributed by atoms with Crippen molar-refractivity contribution in [2.75, 3.05) is 0 Å². The summed E-state index contributed by atoms with van der Waals surface area (Å²) < 4.78 is 0. The van der Waals surface area contributed by atoms with Gasteiger partial charge in [-0.2, -0.15) is 5.26 Å². The van der Waals surface area contributed by atoms with E-state index in [-0.39, 0.29) is 5.92 Å². The molecule has 2 saturated carbocycles. The highest BCUT2D eigenvalue weighted by Crippen LogP contribution is 2.55. The number of hydrogen-bond acceptors (Lipinski definition) is 2. The van der Waals surface area contributed by atoms with Crippen LogP contribution in [0.1, 0.15) is 72.6 Å². The average molecular weight is 277 g/mol. The second-order valence-electron chi connectivity index (χ2n) is 7.99. The fourth-order valence-electron chi connectivity index (χ4n) is 4.72. The third-order valence-corrected chi connectivity index (χ3v) is 6.44. The maximum Gasteiger partial charge on any atom is 0.0863 e. The summed E-state index contributed by atoms with van der Waals surface area (Å²) in [5.74, 6) is 2.23. The van der Waals surface area contributed by atoms with Gasteiger partial charge in [0, 0.05) is 0 Å². The smallest absolute Gasteiger partial charge is 0.0863 e. The zero-order chi connectivity index (χ0) is 15.0. The van der Waals surface area contributed by atoms with Crippen molar-refractivity contribution in [3.05, 3.63) is 0 Å². The summed E-state index contributed by atoms with van der Waals surface area (Å²) in [6.45, 7) is 8.94. The third kappa shape index (κ3) is 2.50. The Morgan fingerprint density at radius 2 is 1.70 bits per heavy atom. The maximum atomic E-state index is 11.4. The standard InChI is InChI=1S/C18H31NO/c1-13(2)16-7-9-17(12-19,10-8-16)18(20)11-14(3)5-6-15(18)4/h13-16,20H,5-11H2,1-4H3. The lowest BCUT2D eigenvalue weighted by Gasteiger charge is -2.53. The molecule has 2 fully saturated rings. The first-order valence-corrected chi connectivity index (χ1v) is 8.48. The molecule has 20 heavy (non-hydrogen) atoms. The van der Waals surface area contributed by atoms with Crippen LogP contribution in [0.5, 0.6) is 0 Å². The Bertz CT molecular complexity index is 375. The van der Waals surface area contributed by atoms with Gasteiger partial charge in [-0.15, -0.1) is 0 Å². The van der Waals surface area contributed by atoms with Gasteiger partial charge >= 0.3 is 0 Å². The summed E-state index contributed by atoms with van der Waals surface area (Å²) in [6.07, 6.45) is 7.06. The fourth-order valence-corrected chi connectivity index (χ4v) is 4.72. The van der Waals surface area contributed by atoms with Gasteiger partial charge in [-0.05, 0) is 62.2 Å². The van der Waals surface area contributed by atoms with Crippen LogP contribution >= 0.6 is 0 Å². The molecular weight excluding hydrogens is 246 g/mol. The number of rotatable bonds is 2. The minimum absolute atomic E-state index is 0.258. The van der Waals surface area contributed by atoms with E-state index in [0.717, 1.165) is 44.4 Å². The highest BCUT2D eigenvalue weighted by atomic mass is 16.3. The van der Waals surface area contributed by atoms with Gasteiger partial charge in [0.1, 0.15) is 0 Å². The van der Waals surface area contributed by atoms with Crippen LogP contribution in [-0.4, -0.2) is 10.7 Å². The van der Waals surface area contributed by atoms with Gasteiger partial charge in [-0.25, -0.2) is 0 Å². The Hall–Kier alpha value is -0.550. The Kier molecular flexibility index (Phi) is 4.50. The molecule has 2 aliphatic carbocycles. The maximum absolute atomic E-state index is 11.4. The van der Waals surface area contributed by atoms with E-state index in [1.165, 1.54) is 6.42 Å². The van der Waals surface area contributed by atoms with Gasteiger partial charge in [-0.1, -0.05) is 34.1 Å². The monoisotopic (exact) mass is 277 g/mol. The fraction of sp³-hybridized carbons (Fsp3) is 0.944. The van der Waals surface area contributed by atoms with Crippen LogP contribution in [0.25, 0.3) is 0 Å². The summed E-state index contributed by atoms with van der Waals surface area (Å²) in [5.41, 5.74) is -1.26. The molecule has 114 valence electrons. The summed E-state index contributed by atoms with van der Waals surface area (Å²) in [7, 11) is 0. The van der Waals surface area contributed by atoms with E-state index in [1.807, 2.05) is 0 Å². The molecule has 1 N–H and O–H groups in total. The molecule has 2 rings (SSSR count). The van der Waals surface area contributed by atoms with Crippen LogP contribution < -0.4 is 0 Å². The predicted molar refractivity (Wildman–Crippen MR) is 82.0 cm³/mol. The van der Waals surface area contributed by atoms with Crippen molar-refractivity contribution in [1.29, 1.82) is 5.26 Å². The van der Waals surface area contributed by atoms with Gasteiger partial charge in [0.15, 0.2) is 0 Å². The molecule has 0 aromatic rings. The molecule has 3 atom stereocenters. The summed E-state index contributed by atoms with van der Waals surface area (Å²) in [5, 5.41) is 21.3. The van der Waals surface area contributed by atoms with Crippen molar-refractivity contribution in [3.63, 3.8) is 0 Å². The van der Waals surface area contributed by atoms with Gasteiger partial charge in [0.25, 0.3) is 0 Å². The minimum atomic E-state index is -0.763. The molecule has 0 aromatic heterocycles. The molecule has 3 unspecified atom stereocenters. The van der Waals surface area contributed by atoms with Crippen LogP contribution in [0.15, 0.2) is 0 Å². The highest BCUT2D eigenvalue weighted by molar-refractivity contribution is 5.16. The van der Waals surface area contributed by atoms with Crippen molar-refractivity contribution in [3.8, 4) is 6.07 Å². The molecule has 0 radical (unpaired) electrons. The van der Waals surface area contributed by atoms with Gasteiger partial charge in [0.2, 0.25) is 0 Å². The SMILES string of the molecule is CC1CCC(C)C(O)(C2(C#N)CCC(C(C)C)CC2)C1. The lowest BCUT2D eigenvalue weighted by molar-refractivity contribution is -0.146. The summed E-state index contributed by atoms with van der Waals surface area (Å²) in [4.78, 5) is 0. The zero-order valence-electron chi connectivity index (χ0n) is 13.7. The normalized spacial score (nSPS) is 46.1. The second-order valence-corrected chi connectivity index (χ2v) is 7.99. The van der Waals surface area contributed by atoms with Crippen molar-refractivity contribution >= 4 is 0 Å². The first-order chi connectivity index (χ1) is 9.34. The number of nitrogens with zero attached hydrogens (tertiary/aromatic N) is 1. The van der Waals surface area contributed by atoms with Gasteiger partial charge in [-0.3, -0.25) is 0 Å². The van der Waals surface area contributed by atoms with Crippen molar-refractivity contribution < 1.29 is 5.11 Å². The molecule has 0 heterocycles. The molecule has 2 heteroatoms. The predicted octanol–water partition coefficient (Wildman–Crippen LogP) is 4.53. The first kappa shape index (κ1) is 15.8. The van der Waals surface area contributed by atoms with E-state index in [1.54, 1.807) is 0 Å². The van der Waals surface area contributed by atoms with E-state index < -0.39 is 11.0 Å². The Morgan fingerprint density at radius 3 is 2.20 bits per heavy atom. The van der Waals surface area contributed by atoms with Crippen LogP contribution in [-0.2, 0) is 0 Å². The van der Waals surface area contributed by atoms with Crippen LogP contribution in [0, 0.1) is 40.4 Å². The van der Waals surface area contributed by atoms with Crippen LogP contribution in [0.3, 0.4) is 0 Å². The molecule has 0 aliphatic heterocycles. The van der Waals surface area contributed by atoms with Crippen LogP contribution in [0.4, 0.5) is 0 Å². The van der Waals surface area contributed by atoms with E-state index in [0.29, 0.717) is 11.8 Å². The molecule has 0 bridgehead atoms. The first-order valence-electron chi connectivity index (χ1n) is 8.48. The van der Waals surface area contributed by atoms with E-state index in [2.05, 4.69) is 33.8 Å². The number of hydrogen-bond donors (Lipinski definition) is 1. The topological polar surface area (TPSA) is 44.0 Å². The van der Waals surface area contributed by atoms with E-state index in [9.17, 15) is 10.4 Å². The molecule has 0 saturated heterocycles. The minimum Gasteiger partial charge on any atom is -0.388 e. The van der Waals surface area contributed by atoms with E-state index in [4.69, 9.17) is 0 Å². The third-order valence-electron chi connectivity index (χ3n) is 6.44. The van der Waals surface area contributed by atoms with Crippen molar-refractivity contribution in [1.82, 2.24) is 0 Å². The largest absolute Gasteiger partial charge is 0.388 e. The highest BCUT2D eigenvalue weighted by Gasteiger charge is 2.56. The zero-order valence-corrected chi connectivity index (χ0v) is 13.7. The average Bonchev–Trinajstić information content (AvgIpc) is 2.43. The van der Waals surface area contributed by atoms with Gasteiger partial charge < -0.3 is 5.11 Å². The molecule has 2 aliphatic rings. The summed E-state index contributed by atoms with van der Waals surface area (Å²) >= 11 is 0. The van der Waals surface area contributed by atoms with Crippen molar-refractivity contribution in [2.45, 2.75) is 78.2 Å². The Morgan fingerprint density at radius 1 is 1.10 bits per heavy atom. The second kappa shape index (κ2) is 5.68. The van der Waals surface area contributed by atoms with Gasteiger partial charge in [0.05, 0.1) is 17.1 Å². The molecular formula is C18H31NO. The van der Waals surface area contributed by atoms with E-state index >= 15 is 0 Å². The van der Waals surface area contributed by atoms with Crippen LogP contribution in [0.2, 0.25) is 0 Å². The molecule has 2 nitrogen and oxygen atoms in total. The Balaban J connectivity index is 2.21. The quantitative estimate of drug-likeness (QED) is 0.806. The van der Waals surface area contributed by atoms with Crippen molar-refractivity contribution in [2.24, 2.45) is 29.1 Å². The lowest BCUT2D eigenvalue weighted by atomic mass is 9.53. The molecule has 0 amide bonds. The molecule has 0 aromatic carbocycles. The Labute approximate surface area is 124 Å².